The van der Waals surface area contributed by atoms with Gasteiger partial charge in [-0.25, -0.2) is 4.39 Å². The monoisotopic (exact) mass is 238 g/mol. The average Bonchev–Trinajstić information content (AvgIpc) is 2.35. The fourth-order valence-electron chi connectivity index (χ4n) is 1.65. The van der Waals surface area contributed by atoms with Crippen LogP contribution in [0.15, 0.2) is 18.2 Å². The Hall–Kier alpha value is -1.78. The molecule has 0 spiro atoms. The van der Waals surface area contributed by atoms with Gasteiger partial charge in [-0.2, -0.15) is 0 Å². The molecule has 0 aliphatic carbocycles. The summed E-state index contributed by atoms with van der Waals surface area (Å²) in [6.07, 6.45) is 0.327. The van der Waals surface area contributed by atoms with Crippen molar-refractivity contribution in [2.45, 2.75) is 19.4 Å². The second-order valence-corrected chi connectivity index (χ2v) is 3.92. The lowest BCUT2D eigenvalue weighted by Gasteiger charge is -2.26. The van der Waals surface area contributed by atoms with E-state index >= 15 is 0 Å². The molecule has 0 aromatic heterocycles. The standard InChI is InChI=1S/C12H15FN2O2/c1-2-5-14-12(16)11-7-15-9-6-8(13)3-4-10(9)17-11/h3-4,6,11,15H,2,5,7H2,1H3,(H,14,16). The van der Waals surface area contributed by atoms with Gasteiger partial charge in [0.2, 0.25) is 0 Å². The van der Waals surface area contributed by atoms with Gasteiger partial charge >= 0.3 is 0 Å². The first-order chi connectivity index (χ1) is 8.20. The molecule has 17 heavy (non-hydrogen) atoms. The molecule has 1 aromatic carbocycles. The topological polar surface area (TPSA) is 50.4 Å². The van der Waals surface area contributed by atoms with E-state index in [1.807, 2.05) is 6.92 Å². The van der Waals surface area contributed by atoms with Crippen molar-refractivity contribution in [3.8, 4) is 5.75 Å². The van der Waals surface area contributed by atoms with Crippen molar-refractivity contribution in [1.29, 1.82) is 0 Å². The van der Waals surface area contributed by atoms with Gasteiger partial charge in [0.25, 0.3) is 5.91 Å². The van der Waals surface area contributed by atoms with Gasteiger partial charge in [-0.1, -0.05) is 6.92 Å². The van der Waals surface area contributed by atoms with E-state index in [4.69, 9.17) is 4.74 Å². The van der Waals surface area contributed by atoms with Crippen molar-refractivity contribution < 1.29 is 13.9 Å². The number of rotatable bonds is 3. The highest BCUT2D eigenvalue weighted by atomic mass is 19.1. The first-order valence-electron chi connectivity index (χ1n) is 5.68. The fraction of sp³-hybridized carbons (Fsp3) is 0.417. The maximum atomic E-state index is 12.9. The number of halogens is 1. The summed E-state index contributed by atoms with van der Waals surface area (Å²) in [5.41, 5.74) is 0.588. The number of carbonyl (C=O) groups is 1. The smallest absolute Gasteiger partial charge is 0.262 e. The lowest BCUT2D eigenvalue weighted by Crippen LogP contribution is -2.44. The molecular formula is C12H15FN2O2. The Labute approximate surface area is 99.2 Å². The van der Waals surface area contributed by atoms with Crippen LogP contribution in [0.2, 0.25) is 0 Å². The lowest BCUT2D eigenvalue weighted by atomic mass is 10.2. The van der Waals surface area contributed by atoms with Crippen molar-refractivity contribution in [2.75, 3.05) is 18.4 Å². The number of carbonyl (C=O) groups excluding carboxylic acids is 1. The van der Waals surface area contributed by atoms with Crippen LogP contribution in [0.25, 0.3) is 0 Å². The molecule has 1 aliphatic heterocycles. The molecule has 1 heterocycles. The highest BCUT2D eigenvalue weighted by Crippen LogP contribution is 2.29. The lowest BCUT2D eigenvalue weighted by molar-refractivity contribution is -0.127. The van der Waals surface area contributed by atoms with Gasteiger partial charge in [0, 0.05) is 12.6 Å². The van der Waals surface area contributed by atoms with E-state index in [-0.39, 0.29) is 11.7 Å². The number of hydrogen-bond donors (Lipinski definition) is 2. The van der Waals surface area contributed by atoms with Crippen LogP contribution in [0.1, 0.15) is 13.3 Å². The van der Waals surface area contributed by atoms with E-state index in [1.54, 1.807) is 0 Å². The molecule has 1 atom stereocenters. The molecule has 2 N–H and O–H groups in total. The minimum atomic E-state index is -0.556. The van der Waals surface area contributed by atoms with Gasteiger partial charge in [-0.15, -0.1) is 0 Å². The van der Waals surface area contributed by atoms with Crippen LogP contribution in [-0.2, 0) is 4.79 Å². The minimum absolute atomic E-state index is 0.144. The van der Waals surface area contributed by atoms with E-state index in [2.05, 4.69) is 10.6 Å². The minimum Gasteiger partial charge on any atom is -0.477 e. The summed E-state index contributed by atoms with van der Waals surface area (Å²) >= 11 is 0. The van der Waals surface area contributed by atoms with Gasteiger partial charge in [0.15, 0.2) is 6.10 Å². The molecule has 2 rings (SSSR count). The van der Waals surface area contributed by atoms with Crippen molar-refractivity contribution >= 4 is 11.6 Å². The van der Waals surface area contributed by atoms with E-state index in [1.165, 1.54) is 18.2 Å². The molecule has 0 bridgehead atoms. The summed E-state index contributed by atoms with van der Waals surface area (Å²) in [6, 6.07) is 4.19. The van der Waals surface area contributed by atoms with Gasteiger partial charge in [-0.3, -0.25) is 4.79 Å². The molecule has 1 amide bonds. The van der Waals surface area contributed by atoms with Crippen LogP contribution in [0.3, 0.4) is 0 Å². The molecule has 0 fully saturated rings. The zero-order valence-corrected chi connectivity index (χ0v) is 9.63. The summed E-state index contributed by atoms with van der Waals surface area (Å²) in [4.78, 5) is 11.7. The predicted octanol–water partition coefficient (Wildman–Crippen LogP) is 1.52. The largest absolute Gasteiger partial charge is 0.477 e. The number of anilines is 1. The Morgan fingerprint density at radius 2 is 2.47 bits per heavy atom. The summed E-state index contributed by atoms with van der Waals surface area (Å²) in [5, 5.41) is 5.75. The first-order valence-corrected chi connectivity index (χ1v) is 5.68. The van der Waals surface area contributed by atoms with Crippen LogP contribution in [0.4, 0.5) is 10.1 Å². The maximum absolute atomic E-state index is 12.9. The highest BCUT2D eigenvalue weighted by Gasteiger charge is 2.25. The Kier molecular flexibility index (Phi) is 3.46. The fourth-order valence-corrected chi connectivity index (χ4v) is 1.65. The van der Waals surface area contributed by atoms with Crippen LogP contribution in [-0.4, -0.2) is 25.1 Å². The molecule has 92 valence electrons. The molecule has 0 radical (unpaired) electrons. The number of fused-ring (bicyclic) bond motifs is 1. The number of hydrogen-bond acceptors (Lipinski definition) is 3. The summed E-state index contributed by atoms with van der Waals surface area (Å²) in [7, 11) is 0. The average molecular weight is 238 g/mol. The third kappa shape index (κ3) is 2.67. The quantitative estimate of drug-likeness (QED) is 0.839. The highest BCUT2D eigenvalue weighted by molar-refractivity contribution is 5.83. The van der Waals surface area contributed by atoms with Gasteiger partial charge < -0.3 is 15.4 Å². The van der Waals surface area contributed by atoms with Gasteiger partial charge in [0.1, 0.15) is 11.6 Å². The van der Waals surface area contributed by atoms with Crippen molar-refractivity contribution in [3.63, 3.8) is 0 Å². The number of amides is 1. The van der Waals surface area contributed by atoms with Crippen molar-refractivity contribution in [1.82, 2.24) is 5.32 Å². The zero-order valence-electron chi connectivity index (χ0n) is 9.63. The van der Waals surface area contributed by atoms with Crippen LogP contribution in [0, 0.1) is 5.82 Å². The third-order valence-electron chi connectivity index (χ3n) is 2.53. The zero-order chi connectivity index (χ0) is 12.3. The van der Waals surface area contributed by atoms with Crippen LogP contribution in [0.5, 0.6) is 5.75 Å². The van der Waals surface area contributed by atoms with E-state index < -0.39 is 6.10 Å². The molecule has 1 aromatic rings. The first kappa shape index (κ1) is 11.7. The number of benzene rings is 1. The van der Waals surface area contributed by atoms with Gasteiger partial charge in [-0.05, 0) is 18.6 Å². The Balaban J connectivity index is 2.03. The Bertz CT molecular complexity index is 423. The molecule has 4 nitrogen and oxygen atoms in total. The second-order valence-electron chi connectivity index (χ2n) is 3.92. The molecule has 0 saturated carbocycles. The Morgan fingerprint density at radius 3 is 3.24 bits per heavy atom. The summed E-state index contributed by atoms with van der Waals surface area (Å²) < 4.78 is 18.4. The van der Waals surface area contributed by atoms with E-state index in [0.29, 0.717) is 24.5 Å². The summed E-state index contributed by atoms with van der Waals surface area (Å²) in [5.74, 6) is 0.0392. The SMILES string of the molecule is CCCNC(=O)C1CNc2cc(F)ccc2O1. The summed E-state index contributed by atoms with van der Waals surface area (Å²) in [6.45, 7) is 2.97. The molecule has 1 aliphatic rings. The number of nitrogens with one attached hydrogen (secondary N) is 2. The predicted molar refractivity (Wildman–Crippen MR) is 62.6 cm³/mol. The van der Waals surface area contributed by atoms with Gasteiger partial charge in [0.05, 0.1) is 12.2 Å². The van der Waals surface area contributed by atoms with Crippen molar-refractivity contribution in [3.05, 3.63) is 24.0 Å². The van der Waals surface area contributed by atoms with E-state index in [0.717, 1.165) is 6.42 Å². The van der Waals surface area contributed by atoms with Crippen LogP contribution >= 0.6 is 0 Å². The maximum Gasteiger partial charge on any atom is 0.262 e. The molecular weight excluding hydrogens is 223 g/mol. The Morgan fingerprint density at radius 1 is 1.65 bits per heavy atom. The second kappa shape index (κ2) is 5.03. The molecule has 0 saturated heterocycles. The van der Waals surface area contributed by atoms with Crippen molar-refractivity contribution in [2.24, 2.45) is 0 Å². The third-order valence-corrected chi connectivity index (χ3v) is 2.53. The molecule has 1 unspecified atom stereocenters. The molecule has 5 heteroatoms. The van der Waals surface area contributed by atoms with E-state index in [9.17, 15) is 9.18 Å². The number of ether oxygens (including phenoxy) is 1. The van der Waals surface area contributed by atoms with Crippen LogP contribution < -0.4 is 15.4 Å². The normalized spacial score (nSPS) is 17.6.